The van der Waals surface area contributed by atoms with Crippen LogP contribution in [0.1, 0.15) is 15.9 Å². The maximum absolute atomic E-state index is 12.8. The summed E-state index contributed by atoms with van der Waals surface area (Å²) in [6.45, 7) is 1.65. The second-order valence-electron chi connectivity index (χ2n) is 2.93. The summed E-state index contributed by atoms with van der Waals surface area (Å²) >= 11 is 0. The highest BCUT2D eigenvalue weighted by molar-refractivity contribution is 7.86. The topological polar surface area (TPSA) is 60.4 Å². The fraction of sp³-hybridized carbons (Fsp3) is 0.222. The summed E-state index contributed by atoms with van der Waals surface area (Å²) < 4.78 is 38.6. The van der Waals surface area contributed by atoms with Crippen LogP contribution in [0.3, 0.4) is 0 Å². The van der Waals surface area contributed by atoms with Crippen LogP contribution in [0.4, 0.5) is 3.89 Å². The molecule has 0 amide bonds. The number of rotatable bonds is 2. The Hall–Kier alpha value is -1.43. The third-order valence-electron chi connectivity index (χ3n) is 1.80. The zero-order valence-electron chi connectivity index (χ0n) is 8.15. The van der Waals surface area contributed by atoms with Gasteiger partial charge in [-0.2, -0.15) is 8.42 Å². The molecule has 4 nitrogen and oxygen atoms in total. The Morgan fingerprint density at radius 3 is 2.47 bits per heavy atom. The predicted molar refractivity (Wildman–Crippen MR) is 50.8 cm³/mol. The number of ether oxygens (including phenoxy) is 1. The van der Waals surface area contributed by atoms with Gasteiger partial charge in [0, 0.05) is 0 Å². The van der Waals surface area contributed by atoms with Gasteiger partial charge in [-0.15, -0.1) is 3.89 Å². The van der Waals surface area contributed by atoms with Crippen LogP contribution in [-0.4, -0.2) is 21.5 Å². The van der Waals surface area contributed by atoms with Gasteiger partial charge in [0.05, 0.1) is 12.7 Å². The molecule has 0 spiro atoms. The first-order valence-electron chi connectivity index (χ1n) is 4.00. The molecule has 0 fully saturated rings. The molecule has 82 valence electrons. The van der Waals surface area contributed by atoms with Crippen molar-refractivity contribution in [3.63, 3.8) is 0 Å². The van der Waals surface area contributed by atoms with E-state index in [9.17, 15) is 17.1 Å². The summed E-state index contributed by atoms with van der Waals surface area (Å²) in [6, 6.07) is 3.70. The lowest BCUT2D eigenvalue weighted by atomic mass is 10.1. The highest BCUT2D eigenvalue weighted by Gasteiger charge is 2.22. The van der Waals surface area contributed by atoms with E-state index in [1.165, 1.54) is 12.1 Å². The second kappa shape index (κ2) is 3.98. The molecule has 1 rings (SSSR count). The van der Waals surface area contributed by atoms with Gasteiger partial charge in [-0.25, -0.2) is 4.79 Å². The van der Waals surface area contributed by atoms with Crippen molar-refractivity contribution in [1.82, 2.24) is 0 Å². The van der Waals surface area contributed by atoms with Crippen LogP contribution >= 0.6 is 0 Å². The van der Waals surface area contributed by atoms with E-state index in [4.69, 9.17) is 0 Å². The number of carbonyl (C=O) groups is 1. The number of halogens is 1. The highest BCUT2D eigenvalue weighted by Crippen LogP contribution is 2.20. The average Bonchev–Trinajstić information content (AvgIpc) is 2.14. The number of hydrogen-bond donors (Lipinski definition) is 0. The van der Waals surface area contributed by atoms with Crippen LogP contribution in [0.5, 0.6) is 0 Å². The molecule has 0 radical (unpaired) electrons. The van der Waals surface area contributed by atoms with E-state index in [2.05, 4.69) is 4.74 Å². The van der Waals surface area contributed by atoms with Crippen molar-refractivity contribution in [3.05, 3.63) is 29.3 Å². The molecule has 0 aromatic heterocycles. The Morgan fingerprint density at radius 1 is 1.40 bits per heavy atom. The molecular weight excluding hydrogens is 223 g/mol. The van der Waals surface area contributed by atoms with E-state index in [0.717, 1.165) is 13.2 Å². The van der Waals surface area contributed by atoms with Gasteiger partial charge in [-0.3, -0.25) is 0 Å². The number of esters is 1. The molecule has 1 aromatic carbocycles. The third kappa shape index (κ3) is 2.53. The molecule has 0 heterocycles. The minimum Gasteiger partial charge on any atom is -0.465 e. The first-order chi connectivity index (χ1) is 6.86. The van der Waals surface area contributed by atoms with Gasteiger partial charge < -0.3 is 4.74 Å². The molecule has 0 atom stereocenters. The van der Waals surface area contributed by atoms with Gasteiger partial charge in [0.25, 0.3) is 0 Å². The normalized spacial score (nSPS) is 11.1. The van der Waals surface area contributed by atoms with Crippen molar-refractivity contribution in [2.24, 2.45) is 0 Å². The molecule has 0 saturated carbocycles. The van der Waals surface area contributed by atoms with Gasteiger partial charge in [-0.1, -0.05) is 11.6 Å². The maximum atomic E-state index is 12.8. The van der Waals surface area contributed by atoms with Crippen LogP contribution < -0.4 is 0 Å². The van der Waals surface area contributed by atoms with E-state index in [1.54, 1.807) is 6.92 Å². The van der Waals surface area contributed by atoms with E-state index >= 15 is 0 Å². The lowest BCUT2D eigenvalue weighted by Crippen LogP contribution is -2.08. The summed E-state index contributed by atoms with van der Waals surface area (Å²) in [7, 11) is -3.81. The summed E-state index contributed by atoms with van der Waals surface area (Å²) in [6.07, 6.45) is 0. The van der Waals surface area contributed by atoms with Crippen molar-refractivity contribution >= 4 is 16.2 Å². The molecule has 0 unspecified atom stereocenters. The highest BCUT2D eigenvalue weighted by atomic mass is 32.3. The van der Waals surface area contributed by atoms with E-state index < -0.39 is 21.1 Å². The largest absolute Gasteiger partial charge is 0.465 e. The first-order valence-corrected chi connectivity index (χ1v) is 5.38. The maximum Gasteiger partial charge on any atom is 0.339 e. The molecule has 0 saturated heterocycles. The van der Waals surface area contributed by atoms with Crippen molar-refractivity contribution in [1.29, 1.82) is 0 Å². The third-order valence-corrected chi connectivity index (χ3v) is 2.68. The zero-order valence-corrected chi connectivity index (χ0v) is 8.97. The monoisotopic (exact) mass is 232 g/mol. The lowest BCUT2D eigenvalue weighted by molar-refractivity contribution is 0.0596. The minimum atomic E-state index is -4.91. The van der Waals surface area contributed by atoms with Crippen molar-refractivity contribution in [2.45, 2.75) is 11.8 Å². The Kier molecular flexibility index (Phi) is 3.09. The number of hydrogen-bond acceptors (Lipinski definition) is 4. The molecule has 0 aliphatic rings. The molecule has 0 N–H and O–H groups in total. The van der Waals surface area contributed by atoms with E-state index in [-0.39, 0.29) is 5.56 Å². The average molecular weight is 232 g/mol. The van der Waals surface area contributed by atoms with Gasteiger partial charge in [0.15, 0.2) is 0 Å². The molecule has 0 bridgehead atoms. The molecule has 1 aromatic rings. The van der Waals surface area contributed by atoms with Gasteiger partial charge in [-0.05, 0) is 19.1 Å². The van der Waals surface area contributed by atoms with Gasteiger partial charge in [0.1, 0.15) is 4.90 Å². The Bertz CT molecular complexity index is 493. The summed E-state index contributed by atoms with van der Waals surface area (Å²) in [4.78, 5) is 10.5. The zero-order chi connectivity index (χ0) is 11.6. The molecule has 15 heavy (non-hydrogen) atoms. The minimum absolute atomic E-state index is 0.292. The molecule has 0 aliphatic heterocycles. The van der Waals surface area contributed by atoms with Crippen LogP contribution in [-0.2, 0) is 15.0 Å². The smallest absolute Gasteiger partial charge is 0.339 e. The summed E-state index contributed by atoms with van der Waals surface area (Å²) in [5.41, 5.74) is 0.350. The number of benzene rings is 1. The van der Waals surface area contributed by atoms with Crippen LogP contribution in [0.2, 0.25) is 0 Å². The summed E-state index contributed by atoms with van der Waals surface area (Å²) in [5, 5.41) is 0. The standard InChI is InChI=1S/C9H9FO4S/c1-6-3-4-8(15(10,12)13)7(5-6)9(11)14-2/h3-5H,1-2H3. The summed E-state index contributed by atoms with van der Waals surface area (Å²) in [5.74, 6) is -0.880. The number of aryl methyl sites for hydroxylation is 1. The van der Waals surface area contributed by atoms with Crippen LogP contribution in [0.25, 0.3) is 0 Å². The predicted octanol–water partition coefficient (Wildman–Crippen LogP) is 1.44. The van der Waals surface area contributed by atoms with Crippen LogP contribution in [0.15, 0.2) is 23.1 Å². The van der Waals surface area contributed by atoms with Crippen molar-refractivity contribution < 1.29 is 21.8 Å². The fourth-order valence-electron chi connectivity index (χ4n) is 1.13. The molecule has 6 heteroatoms. The van der Waals surface area contributed by atoms with Gasteiger partial charge >= 0.3 is 16.2 Å². The molecule has 0 aliphatic carbocycles. The SMILES string of the molecule is COC(=O)c1cc(C)ccc1S(=O)(=O)F. The molecular formula is C9H9FO4S. The fourth-order valence-corrected chi connectivity index (χ4v) is 1.76. The number of carbonyl (C=O) groups excluding carboxylic acids is 1. The van der Waals surface area contributed by atoms with Crippen molar-refractivity contribution in [2.75, 3.05) is 7.11 Å². The lowest BCUT2D eigenvalue weighted by Gasteiger charge is -2.04. The number of methoxy groups -OCH3 is 1. The van der Waals surface area contributed by atoms with Crippen LogP contribution in [0, 0.1) is 6.92 Å². The van der Waals surface area contributed by atoms with Gasteiger partial charge in [0.2, 0.25) is 0 Å². The van der Waals surface area contributed by atoms with E-state index in [1.807, 2.05) is 0 Å². The van der Waals surface area contributed by atoms with Crippen molar-refractivity contribution in [3.8, 4) is 0 Å². The Balaban J connectivity index is 3.47. The Morgan fingerprint density at radius 2 is 2.00 bits per heavy atom. The second-order valence-corrected chi connectivity index (χ2v) is 4.24. The first kappa shape index (κ1) is 11.6. The Labute approximate surface area is 86.9 Å². The van der Waals surface area contributed by atoms with E-state index in [0.29, 0.717) is 5.56 Å². The quantitative estimate of drug-likeness (QED) is 0.571.